The van der Waals surface area contributed by atoms with Crippen LogP contribution in [0.2, 0.25) is 0 Å². The molecule has 1 atom stereocenters. The van der Waals surface area contributed by atoms with Gasteiger partial charge < -0.3 is 10.4 Å². The van der Waals surface area contributed by atoms with Crippen LogP contribution in [0.5, 0.6) is 0 Å². The third-order valence-electron chi connectivity index (χ3n) is 2.95. The van der Waals surface area contributed by atoms with Crippen molar-refractivity contribution in [1.29, 1.82) is 0 Å². The van der Waals surface area contributed by atoms with Gasteiger partial charge >= 0.3 is 5.97 Å². The maximum atomic E-state index is 13.3. The minimum atomic E-state index is -0.859. The van der Waals surface area contributed by atoms with Crippen LogP contribution in [0.4, 0.5) is 8.78 Å². The summed E-state index contributed by atoms with van der Waals surface area (Å²) in [5.74, 6) is -2.85. The number of carbonyl (C=O) groups is 2. The summed E-state index contributed by atoms with van der Waals surface area (Å²) in [5, 5.41) is 11.0. The van der Waals surface area contributed by atoms with Crippen LogP contribution in [0.1, 0.15) is 36.5 Å². The summed E-state index contributed by atoms with van der Waals surface area (Å²) in [5.41, 5.74) is -0.330. The Morgan fingerprint density at radius 1 is 1.30 bits per heavy atom. The van der Waals surface area contributed by atoms with Gasteiger partial charge in [-0.15, -0.1) is 0 Å². The largest absolute Gasteiger partial charge is 0.481 e. The van der Waals surface area contributed by atoms with Gasteiger partial charge in [0, 0.05) is 13.0 Å². The SMILES string of the molecule is CC(CCNC(=O)c1cc(F)ccc1F)CCC(=O)O. The van der Waals surface area contributed by atoms with Crippen molar-refractivity contribution < 1.29 is 23.5 Å². The molecule has 0 spiro atoms. The van der Waals surface area contributed by atoms with E-state index in [2.05, 4.69) is 5.32 Å². The van der Waals surface area contributed by atoms with Gasteiger partial charge in [0.1, 0.15) is 11.6 Å². The lowest BCUT2D eigenvalue weighted by Gasteiger charge is -2.11. The molecule has 0 bridgehead atoms. The number of nitrogens with one attached hydrogen (secondary N) is 1. The molecule has 2 N–H and O–H groups in total. The Morgan fingerprint density at radius 3 is 2.65 bits per heavy atom. The second kappa shape index (κ2) is 7.57. The monoisotopic (exact) mass is 285 g/mol. The first-order chi connectivity index (χ1) is 9.40. The van der Waals surface area contributed by atoms with Gasteiger partial charge in [-0.2, -0.15) is 0 Å². The maximum absolute atomic E-state index is 13.3. The normalized spacial score (nSPS) is 11.9. The van der Waals surface area contributed by atoms with Crippen LogP contribution in [0.25, 0.3) is 0 Å². The molecular formula is C14H17F2NO3. The first-order valence-electron chi connectivity index (χ1n) is 6.35. The summed E-state index contributed by atoms with van der Waals surface area (Å²) in [7, 11) is 0. The van der Waals surface area contributed by atoms with Crippen LogP contribution in [0.15, 0.2) is 18.2 Å². The molecule has 0 aliphatic rings. The minimum absolute atomic E-state index is 0.0770. The van der Waals surface area contributed by atoms with Gasteiger partial charge in [-0.1, -0.05) is 6.92 Å². The number of carboxylic acids is 1. The van der Waals surface area contributed by atoms with Gasteiger partial charge in [0.15, 0.2) is 0 Å². The van der Waals surface area contributed by atoms with Crippen molar-refractivity contribution in [3.8, 4) is 0 Å². The Morgan fingerprint density at radius 2 is 2.00 bits per heavy atom. The lowest BCUT2D eigenvalue weighted by Crippen LogP contribution is -2.26. The van der Waals surface area contributed by atoms with Gasteiger partial charge in [-0.05, 0) is 37.0 Å². The Balaban J connectivity index is 2.40. The Kier molecular flexibility index (Phi) is 6.09. The molecular weight excluding hydrogens is 268 g/mol. The average molecular weight is 285 g/mol. The number of halogens is 2. The van der Waals surface area contributed by atoms with Crippen LogP contribution in [-0.4, -0.2) is 23.5 Å². The molecule has 0 fully saturated rings. The zero-order valence-corrected chi connectivity index (χ0v) is 11.2. The first kappa shape index (κ1) is 16.1. The average Bonchev–Trinajstić information content (AvgIpc) is 2.39. The number of hydrogen-bond acceptors (Lipinski definition) is 2. The van der Waals surface area contributed by atoms with Crippen molar-refractivity contribution >= 4 is 11.9 Å². The molecule has 0 aliphatic heterocycles. The van der Waals surface area contributed by atoms with Gasteiger partial charge in [-0.25, -0.2) is 8.78 Å². The molecule has 110 valence electrons. The summed E-state index contributed by atoms with van der Waals surface area (Å²) < 4.78 is 26.3. The molecule has 1 unspecified atom stereocenters. The highest BCUT2D eigenvalue weighted by molar-refractivity contribution is 5.94. The Labute approximate surface area is 115 Å². The highest BCUT2D eigenvalue weighted by Gasteiger charge is 2.13. The highest BCUT2D eigenvalue weighted by Crippen LogP contribution is 2.11. The van der Waals surface area contributed by atoms with E-state index in [-0.39, 0.29) is 24.4 Å². The van der Waals surface area contributed by atoms with Crippen molar-refractivity contribution in [3.05, 3.63) is 35.4 Å². The number of hydrogen-bond donors (Lipinski definition) is 2. The van der Waals surface area contributed by atoms with E-state index in [1.54, 1.807) is 0 Å². The third-order valence-corrected chi connectivity index (χ3v) is 2.95. The predicted molar refractivity (Wildman–Crippen MR) is 69.3 cm³/mol. The lowest BCUT2D eigenvalue weighted by atomic mass is 10.0. The van der Waals surface area contributed by atoms with E-state index in [0.717, 1.165) is 18.2 Å². The predicted octanol–water partition coefficient (Wildman–Crippen LogP) is 2.59. The lowest BCUT2D eigenvalue weighted by molar-refractivity contribution is -0.137. The standard InChI is InChI=1S/C14H17F2NO3/c1-9(2-5-13(18)19)6-7-17-14(20)11-8-10(15)3-4-12(11)16/h3-4,8-9H,2,5-7H2,1H3,(H,17,20)(H,18,19). The molecule has 0 radical (unpaired) electrons. The maximum Gasteiger partial charge on any atom is 0.303 e. The summed E-state index contributed by atoms with van der Waals surface area (Å²) >= 11 is 0. The smallest absolute Gasteiger partial charge is 0.303 e. The zero-order valence-electron chi connectivity index (χ0n) is 11.2. The molecule has 1 aromatic carbocycles. The van der Waals surface area contributed by atoms with Gasteiger partial charge in [0.2, 0.25) is 0 Å². The van der Waals surface area contributed by atoms with E-state index in [4.69, 9.17) is 5.11 Å². The molecule has 0 saturated carbocycles. The van der Waals surface area contributed by atoms with E-state index in [9.17, 15) is 18.4 Å². The fourth-order valence-corrected chi connectivity index (χ4v) is 1.71. The molecule has 0 aliphatic carbocycles. The summed E-state index contributed by atoms with van der Waals surface area (Å²) in [6.45, 7) is 2.16. The van der Waals surface area contributed by atoms with Gasteiger partial charge in [0.05, 0.1) is 5.56 Å². The number of carbonyl (C=O) groups excluding carboxylic acids is 1. The van der Waals surface area contributed by atoms with E-state index in [0.29, 0.717) is 12.8 Å². The Hall–Kier alpha value is -1.98. The van der Waals surface area contributed by atoms with E-state index in [1.807, 2.05) is 6.92 Å². The molecule has 4 nitrogen and oxygen atoms in total. The third kappa shape index (κ3) is 5.34. The second-order valence-electron chi connectivity index (χ2n) is 4.71. The van der Waals surface area contributed by atoms with Crippen molar-refractivity contribution in [3.63, 3.8) is 0 Å². The molecule has 1 aromatic rings. The number of aliphatic carboxylic acids is 1. The van der Waals surface area contributed by atoms with Crippen LogP contribution >= 0.6 is 0 Å². The van der Waals surface area contributed by atoms with Crippen molar-refractivity contribution in [1.82, 2.24) is 5.32 Å². The highest BCUT2D eigenvalue weighted by atomic mass is 19.1. The molecule has 0 saturated heterocycles. The van der Waals surface area contributed by atoms with Gasteiger partial charge in [0.25, 0.3) is 5.91 Å². The molecule has 0 aromatic heterocycles. The molecule has 6 heteroatoms. The number of rotatable bonds is 7. The fourth-order valence-electron chi connectivity index (χ4n) is 1.71. The van der Waals surface area contributed by atoms with E-state index < -0.39 is 23.5 Å². The number of amides is 1. The quantitative estimate of drug-likeness (QED) is 0.809. The summed E-state index contributed by atoms with van der Waals surface area (Å²) in [6, 6.07) is 2.69. The number of benzene rings is 1. The van der Waals surface area contributed by atoms with Crippen LogP contribution in [-0.2, 0) is 4.79 Å². The molecule has 1 rings (SSSR count). The van der Waals surface area contributed by atoms with Crippen molar-refractivity contribution in [2.75, 3.05) is 6.54 Å². The fraction of sp³-hybridized carbons (Fsp3) is 0.429. The molecule has 20 heavy (non-hydrogen) atoms. The van der Waals surface area contributed by atoms with E-state index in [1.165, 1.54) is 0 Å². The van der Waals surface area contributed by atoms with Gasteiger partial charge in [-0.3, -0.25) is 9.59 Å². The molecule has 0 heterocycles. The first-order valence-corrected chi connectivity index (χ1v) is 6.35. The van der Waals surface area contributed by atoms with E-state index >= 15 is 0 Å². The van der Waals surface area contributed by atoms with Crippen LogP contribution in [0, 0.1) is 17.6 Å². The topological polar surface area (TPSA) is 66.4 Å². The zero-order chi connectivity index (χ0) is 15.1. The van der Waals surface area contributed by atoms with Crippen LogP contribution < -0.4 is 5.32 Å². The minimum Gasteiger partial charge on any atom is -0.481 e. The molecule has 1 amide bonds. The van der Waals surface area contributed by atoms with Crippen molar-refractivity contribution in [2.24, 2.45) is 5.92 Å². The second-order valence-corrected chi connectivity index (χ2v) is 4.71. The van der Waals surface area contributed by atoms with Crippen molar-refractivity contribution in [2.45, 2.75) is 26.2 Å². The number of carboxylic acid groups (broad SMARTS) is 1. The van der Waals surface area contributed by atoms with Crippen LogP contribution in [0.3, 0.4) is 0 Å². The summed E-state index contributed by atoms with van der Waals surface area (Å²) in [4.78, 5) is 22.0. The Bertz CT molecular complexity index is 491. The summed E-state index contributed by atoms with van der Waals surface area (Å²) in [6.07, 6.45) is 1.17.